The van der Waals surface area contributed by atoms with Crippen LogP contribution < -0.4 is 14.3 Å². The van der Waals surface area contributed by atoms with E-state index in [-0.39, 0.29) is 21.4 Å². The van der Waals surface area contributed by atoms with Crippen LogP contribution in [-0.2, 0) is 31.0 Å². The van der Waals surface area contributed by atoms with Gasteiger partial charge in [-0.2, -0.15) is 13.2 Å². The molecule has 0 aliphatic carbocycles. The Balaban J connectivity index is 1.59. The lowest BCUT2D eigenvalue weighted by atomic mass is 10.2. The number of sulfonamides is 2. The van der Waals surface area contributed by atoms with Crippen molar-refractivity contribution in [1.29, 1.82) is 0 Å². The maximum absolute atomic E-state index is 13.5. The van der Waals surface area contributed by atoms with Crippen molar-refractivity contribution in [1.82, 2.24) is 9.97 Å². The van der Waals surface area contributed by atoms with Crippen molar-refractivity contribution < 1.29 is 34.8 Å². The molecule has 214 valence electrons. The number of hydrogen-bond donors (Lipinski definition) is 2. The number of hydrogen-bond acceptors (Lipinski definition) is 7. The van der Waals surface area contributed by atoms with Crippen LogP contribution in [0.25, 0.3) is 0 Å². The van der Waals surface area contributed by atoms with Gasteiger partial charge in [0.25, 0.3) is 20.0 Å². The molecule has 4 rings (SSSR count). The third-order valence-electron chi connectivity index (χ3n) is 5.40. The van der Waals surface area contributed by atoms with Gasteiger partial charge in [-0.15, -0.1) is 0 Å². The van der Waals surface area contributed by atoms with Crippen LogP contribution in [0.2, 0.25) is 5.02 Å². The fourth-order valence-electron chi connectivity index (χ4n) is 3.50. The van der Waals surface area contributed by atoms with E-state index in [1.54, 1.807) is 6.07 Å². The van der Waals surface area contributed by atoms with Crippen LogP contribution in [0.4, 0.5) is 30.5 Å². The van der Waals surface area contributed by atoms with Gasteiger partial charge in [0, 0.05) is 18.1 Å². The molecule has 3 aromatic carbocycles. The topological polar surface area (TPSA) is 138 Å². The first-order valence-corrected chi connectivity index (χ1v) is 14.7. The van der Waals surface area contributed by atoms with Gasteiger partial charge < -0.3 is 5.32 Å². The Labute approximate surface area is 237 Å². The third-order valence-corrected chi connectivity index (χ3v) is 8.86. The fraction of sp³-hybridized carbons (Fsp3) is 0.0800. The number of aromatic nitrogens is 2. The molecule has 1 amide bonds. The predicted molar refractivity (Wildman–Crippen MR) is 145 cm³/mol. The Bertz CT molecular complexity index is 1760. The van der Waals surface area contributed by atoms with Gasteiger partial charge in [-0.3, -0.25) is 9.10 Å². The summed E-state index contributed by atoms with van der Waals surface area (Å²) >= 11 is 5.70. The Morgan fingerprint density at radius 2 is 1.49 bits per heavy atom. The van der Waals surface area contributed by atoms with Gasteiger partial charge in [-0.25, -0.2) is 31.5 Å². The maximum Gasteiger partial charge on any atom is 0.417 e. The molecule has 0 saturated heterocycles. The Hall–Kier alpha value is -4.21. The van der Waals surface area contributed by atoms with Crippen molar-refractivity contribution in [3.63, 3.8) is 0 Å². The minimum absolute atomic E-state index is 0.0917. The Morgan fingerprint density at radius 1 is 0.854 bits per heavy atom. The highest BCUT2D eigenvalue weighted by molar-refractivity contribution is 7.93. The molecule has 0 aliphatic heterocycles. The number of nitrogens with zero attached hydrogens (tertiary/aromatic N) is 3. The van der Waals surface area contributed by atoms with E-state index in [0.29, 0.717) is 10.4 Å². The van der Waals surface area contributed by atoms with Crippen LogP contribution in [0.5, 0.6) is 0 Å². The molecule has 10 nitrogen and oxygen atoms in total. The van der Waals surface area contributed by atoms with Crippen molar-refractivity contribution >= 4 is 54.9 Å². The van der Waals surface area contributed by atoms with E-state index >= 15 is 0 Å². The number of carbonyl (C=O) groups is 1. The van der Waals surface area contributed by atoms with Crippen LogP contribution in [0.3, 0.4) is 0 Å². The monoisotopic (exact) mass is 625 g/mol. The average molecular weight is 626 g/mol. The van der Waals surface area contributed by atoms with E-state index in [1.807, 2.05) is 0 Å². The molecule has 0 bridgehead atoms. The molecule has 2 N–H and O–H groups in total. The van der Waals surface area contributed by atoms with Crippen molar-refractivity contribution in [2.24, 2.45) is 0 Å². The summed E-state index contributed by atoms with van der Waals surface area (Å²) in [5.74, 6) is -1.07. The second-order valence-electron chi connectivity index (χ2n) is 8.24. The molecule has 16 heteroatoms. The summed E-state index contributed by atoms with van der Waals surface area (Å²) < 4.78 is 95.2. The van der Waals surface area contributed by atoms with E-state index in [1.165, 1.54) is 67.0 Å². The van der Waals surface area contributed by atoms with E-state index in [4.69, 9.17) is 11.6 Å². The summed E-state index contributed by atoms with van der Waals surface area (Å²) in [6, 6.07) is 15.7. The van der Waals surface area contributed by atoms with E-state index < -0.39 is 54.9 Å². The van der Waals surface area contributed by atoms with Crippen molar-refractivity contribution in [3.8, 4) is 0 Å². The number of rotatable bonds is 9. The second kappa shape index (κ2) is 11.7. The van der Waals surface area contributed by atoms with Gasteiger partial charge in [-0.05, 0) is 60.7 Å². The second-order valence-corrected chi connectivity index (χ2v) is 12.2. The zero-order chi connectivity index (χ0) is 29.8. The zero-order valence-corrected chi connectivity index (χ0v) is 23.0. The molecular weight excluding hydrogens is 607 g/mol. The predicted octanol–water partition coefficient (Wildman–Crippen LogP) is 4.78. The number of nitrogens with one attached hydrogen (secondary N) is 2. The highest BCUT2D eigenvalue weighted by atomic mass is 35.5. The van der Waals surface area contributed by atoms with Crippen molar-refractivity contribution in [3.05, 3.63) is 102 Å². The highest BCUT2D eigenvalue weighted by Gasteiger charge is 2.35. The summed E-state index contributed by atoms with van der Waals surface area (Å²) in [4.78, 5) is 20.1. The van der Waals surface area contributed by atoms with E-state index in [0.717, 1.165) is 12.1 Å². The van der Waals surface area contributed by atoms with Crippen LogP contribution in [0.15, 0.2) is 101 Å². The Kier molecular flexibility index (Phi) is 8.51. The standard InChI is InChI=1S/C25H19ClF3N5O5S2/c26-22-12-9-18(15-21(22)25(27,28)29)34(41(38,39)20-5-2-1-3-6-20)16-23(35)32-17-7-10-19(11-8-17)40(36,37)33-24-30-13-4-14-31-24/h1-15H,16H2,(H,32,35)(H,30,31,33). The van der Waals surface area contributed by atoms with Gasteiger partial charge in [0.15, 0.2) is 0 Å². The SMILES string of the molecule is O=C(CN(c1ccc(Cl)c(C(F)(F)F)c1)S(=O)(=O)c1ccccc1)Nc1ccc(S(=O)(=O)Nc2ncccn2)cc1. The number of amides is 1. The first kappa shape index (κ1) is 29.8. The molecule has 4 aromatic rings. The van der Waals surface area contributed by atoms with Crippen LogP contribution in [0, 0.1) is 0 Å². The van der Waals surface area contributed by atoms with Gasteiger partial charge in [0.2, 0.25) is 11.9 Å². The quantitative estimate of drug-likeness (QED) is 0.273. The lowest BCUT2D eigenvalue weighted by molar-refractivity contribution is -0.137. The van der Waals surface area contributed by atoms with Crippen LogP contribution >= 0.6 is 11.6 Å². The molecule has 0 aliphatic rings. The molecule has 41 heavy (non-hydrogen) atoms. The first-order chi connectivity index (χ1) is 19.3. The average Bonchev–Trinajstić information content (AvgIpc) is 2.92. The molecule has 0 spiro atoms. The van der Waals surface area contributed by atoms with Crippen LogP contribution in [-0.4, -0.2) is 39.3 Å². The number of halogens is 4. The molecule has 1 aromatic heterocycles. The summed E-state index contributed by atoms with van der Waals surface area (Å²) in [7, 11) is -8.57. The first-order valence-electron chi connectivity index (χ1n) is 11.4. The molecule has 1 heterocycles. The summed E-state index contributed by atoms with van der Waals surface area (Å²) in [6.07, 6.45) is -2.20. The normalized spacial score (nSPS) is 12.0. The number of benzene rings is 3. The minimum atomic E-state index is -4.89. The summed E-state index contributed by atoms with van der Waals surface area (Å²) in [6.45, 7) is -0.914. The lowest BCUT2D eigenvalue weighted by Crippen LogP contribution is -2.38. The third kappa shape index (κ3) is 7.11. The molecule has 0 fully saturated rings. The number of anilines is 3. The van der Waals surface area contributed by atoms with E-state index in [9.17, 15) is 34.8 Å². The van der Waals surface area contributed by atoms with Crippen molar-refractivity contribution in [2.75, 3.05) is 20.9 Å². The molecule has 0 saturated carbocycles. The Morgan fingerprint density at radius 3 is 2.10 bits per heavy atom. The van der Waals surface area contributed by atoms with Gasteiger partial charge in [0.1, 0.15) is 6.54 Å². The highest BCUT2D eigenvalue weighted by Crippen LogP contribution is 2.38. The number of alkyl halides is 3. The smallest absolute Gasteiger partial charge is 0.325 e. The number of carbonyl (C=O) groups excluding carboxylic acids is 1. The van der Waals surface area contributed by atoms with Gasteiger partial charge in [-0.1, -0.05) is 29.8 Å². The molecule has 0 unspecified atom stereocenters. The largest absolute Gasteiger partial charge is 0.417 e. The van der Waals surface area contributed by atoms with Gasteiger partial charge >= 0.3 is 6.18 Å². The minimum Gasteiger partial charge on any atom is -0.325 e. The summed E-state index contributed by atoms with van der Waals surface area (Å²) in [5.41, 5.74) is -1.64. The van der Waals surface area contributed by atoms with Crippen molar-refractivity contribution in [2.45, 2.75) is 16.0 Å². The fourth-order valence-corrected chi connectivity index (χ4v) is 6.12. The van der Waals surface area contributed by atoms with Crippen LogP contribution in [0.1, 0.15) is 5.56 Å². The lowest BCUT2D eigenvalue weighted by Gasteiger charge is -2.25. The molecule has 0 radical (unpaired) electrons. The molecular formula is C25H19ClF3N5O5S2. The van der Waals surface area contributed by atoms with E-state index in [2.05, 4.69) is 20.0 Å². The maximum atomic E-state index is 13.5. The zero-order valence-electron chi connectivity index (χ0n) is 20.6. The summed E-state index contributed by atoms with van der Waals surface area (Å²) in [5, 5.41) is 1.77. The van der Waals surface area contributed by atoms with Gasteiger partial charge in [0.05, 0.1) is 26.1 Å². The molecule has 0 atom stereocenters.